The number of hydrogen-bond acceptors (Lipinski definition) is 6. The monoisotopic (exact) mass is 477 g/mol. The van der Waals surface area contributed by atoms with Gasteiger partial charge < -0.3 is 10.3 Å². The van der Waals surface area contributed by atoms with E-state index in [0.717, 1.165) is 36.6 Å². The van der Waals surface area contributed by atoms with Crippen molar-refractivity contribution in [3.05, 3.63) is 69.0 Å². The Morgan fingerprint density at radius 3 is 2.62 bits per heavy atom. The molecule has 0 atom stereocenters. The molecule has 34 heavy (non-hydrogen) atoms. The quantitative estimate of drug-likeness (QED) is 0.185. The first kappa shape index (κ1) is 22.1. The summed E-state index contributed by atoms with van der Waals surface area (Å²) in [6, 6.07) is 13.4. The molecule has 2 N–H and O–H groups in total. The van der Waals surface area contributed by atoms with Gasteiger partial charge in [-0.2, -0.15) is 0 Å². The van der Waals surface area contributed by atoms with Crippen LogP contribution in [0.3, 0.4) is 0 Å². The number of nitro benzene ring substituents is 1. The van der Waals surface area contributed by atoms with Crippen molar-refractivity contribution >= 4 is 45.3 Å². The molecule has 0 aliphatic heterocycles. The molecule has 1 fully saturated rings. The molecule has 1 aliphatic carbocycles. The first-order valence-electron chi connectivity index (χ1n) is 11.2. The number of rotatable bonds is 6. The topological polar surface area (TPSA) is 123 Å². The summed E-state index contributed by atoms with van der Waals surface area (Å²) in [7, 11) is 0. The third-order valence-corrected chi connectivity index (χ3v) is 7.05. The molecule has 0 bridgehead atoms. The molecule has 2 aromatic carbocycles. The second-order valence-corrected chi connectivity index (χ2v) is 9.34. The maximum atomic E-state index is 13.5. The average Bonchev–Trinajstić information content (AvgIpc) is 3.23. The highest BCUT2D eigenvalue weighted by molar-refractivity contribution is 7.99. The van der Waals surface area contributed by atoms with Gasteiger partial charge in [-0.05, 0) is 31.0 Å². The predicted octanol–water partition coefficient (Wildman–Crippen LogP) is 4.32. The Morgan fingerprint density at radius 1 is 1.15 bits per heavy atom. The van der Waals surface area contributed by atoms with E-state index in [0.29, 0.717) is 21.9 Å². The lowest BCUT2D eigenvalue weighted by Crippen LogP contribution is -2.37. The lowest BCUT2D eigenvalue weighted by Gasteiger charge is -2.22. The molecule has 0 radical (unpaired) electrons. The minimum absolute atomic E-state index is 0.0717. The van der Waals surface area contributed by atoms with E-state index in [4.69, 9.17) is 4.98 Å². The van der Waals surface area contributed by atoms with Crippen LogP contribution in [0.15, 0.2) is 58.5 Å². The van der Waals surface area contributed by atoms with Gasteiger partial charge in [-0.3, -0.25) is 24.3 Å². The number of nitrogens with one attached hydrogen (secondary N) is 2. The van der Waals surface area contributed by atoms with Gasteiger partial charge in [0.05, 0.1) is 16.4 Å². The summed E-state index contributed by atoms with van der Waals surface area (Å²) in [6.45, 7) is 0. The number of aromatic nitrogens is 3. The third-order valence-electron chi connectivity index (χ3n) is 6.12. The Hall–Kier alpha value is -3.66. The Kier molecular flexibility index (Phi) is 6.06. The summed E-state index contributed by atoms with van der Waals surface area (Å²) in [6.07, 6.45) is 5.43. The van der Waals surface area contributed by atoms with E-state index in [9.17, 15) is 19.7 Å². The Morgan fingerprint density at radius 2 is 1.88 bits per heavy atom. The average molecular weight is 478 g/mol. The normalized spacial score (nSPS) is 14.5. The van der Waals surface area contributed by atoms with Gasteiger partial charge in [0.15, 0.2) is 5.16 Å². The molecule has 1 aliphatic rings. The fourth-order valence-corrected chi connectivity index (χ4v) is 5.25. The van der Waals surface area contributed by atoms with Crippen LogP contribution >= 0.6 is 11.8 Å². The third kappa shape index (κ3) is 4.28. The van der Waals surface area contributed by atoms with Gasteiger partial charge >= 0.3 is 0 Å². The lowest BCUT2D eigenvalue weighted by atomic mass is 9.95. The molecule has 0 spiro atoms. The van der Waals surface area contributed by atoms with Crippen molar-refractivity contribution in [1.82, 2.24) is 19.9 Å². The number of nitrogens with zero attached hydrogens (tertiary/aromatic N) is 3. The van der Waals surface area contributed by atoms with Crippen molar-refractivity contribution < 1.29 is 9.72 Å². The first-order chi connectivity index (χ1) is 16.5. The van der Waals surface area contributed by atoms with E-state index in [2.05, 4.69) is 10.3 Å². The molecule has 2 aromatic heterocycles. The highest BCUT2D eigenvalue weighted by atomic mass is 32.2. The molecule has 4 aromatic rings. The zero-order valence-electron chi connectivity index (χ0n) is 18.3. The minimum atomic E-state index is -0.489. The number of carbonyl (C=O) groups excluding carboxylic acids is 1. The molecule has 1 amide bonds. The van der Waals surface area contributed by atoms with E-state index in [1.54, 1.807) is 0 Å². The van der Waals surface area contributed by atoms with Crippen molar-refractivity contribution in [2.45, 2.75) is 43.3 Å². The molecule has 2 heterocycles. The van der Waals surface area contributed by atoms with Crippen LogP contribution in [0.25, 0.3) is 27.6 Å². The van der Waals surface area contributed by atoms with Crippen LogP contribution in [0, 0.1) is 10.1 Å². The van der Waals surface area contributed by atoms with Crippen LogP contribution in [-0.2, 0) is 4.79 Å². The number of fused-ring (bicyclic) bond motifs is 3. The number of nitro groups is 1. The number of aromatic amines is 1. The number of non-ortho nitro benzene ring substituents is 1. The van der Waals surface area contributed by atoms with Crippen molar-refractivity contribution in [1.29, 1.82) is 0 Å². The Balaban J connectivity index is 1.54. The molecule has 10 heteroatoms. The number of carbonyl (C=O) groups is 1. The number of thioether (sulfide) groups is 1. The lowest BCUT2D eigenvalue weighted by molar-refractivity contribution is -0.384. The Labute approximate surface area is 198 Å². The van der Waals surface area contributed by atoms with Crippen molar-refractivity contribution in [2.24, 2.45) is 0 Å². The zero-order chi connectivity index (χ0) is 23.7. The summed E-state index contributed by atoms with van der Waals surface area (Å²) in [5.41, 5.74) is 1.71. The number of H-pyrrole nitrogens is 1. The largest absolute Gasteiger partial charge is 0.353 e. The molecular weight excluding hydrogens is 454 g/mol. The summed E-state index contributed by atoms with van der Waals surface area (Å²) in [5, 5.41) is 15.3. The number of para-hydroxylation sites is 1. The van der Waals surface area contributed by atoms with Crippen molar-refractivity contribution in [3.63, 3.8) is 0 Å². The summed E-state index contributed by atoms with van der Waals surface area (Å²) < 4.78 is 1.40. The minimum Gasteiger partial charge on any atom is -0.353 e. The fraction of sp³-hybridized carbons (Fsp3) is 0.292. The zero-order valence-corrected chi connectivity index (χ0v) is 19.1. The molecule has 5 rings (SSSR count). The summed E-state index contributed by atoms with van der Waals surface area (Å²) >= 11 is 1.18. The second-order valence-electron chi connectivity index (χ2n) is 8.39. The van der Waals surface area contributed by atoms with Crippen LogP contribution in [0.1, 0.15) is 32.1 Å². The van der Waals surface area contributed by atoms with E-state index in [1.807, 2.05) is 24.3 Å². The summed E-state index contributed by atoms with van der Waals surface area (Å²) in [4.78, 5) is 44.7. The van der Waals surface area contributed by atoms with Crippen molar-refractivity contribution in [2.75, 3.05) is 5.75 Å². The van der Waals surface area contributed by atoms with Crippen LogP contribution in [-0.4, -0.2) is 37.2 Å². The second kappa shape index (κ2) is 9.30. The van der Waals surface area contributed by atoms with Gasteiger partial charge in [0, 0.05) is 29.1 Å². The molecule has 0 saturated heterocycles. The molecule has 1 saturated carbocycles. The SMILES string of the molecule is O=C(CSc1nc2c([nH]c3ccccc32)c(=O)n1-c1ccc([N+](=O)[O-])cc1)NC1CCCCC1. The highest BCUT2D eigenvalue weighted by Crippen LogP contribution is 2.27. The predicted molar refractivity (Wildman–Crippen MR) is 132 cm³/mol. The number of amides is 1. The van der Waals surface area contributed by atoms with Gasteiger partial charge in [0.25, 0.3) is 11.2 Å². The van der Waals surface area contributed by atoms with Gasteiger partial charge in [0.1, 0.15) is 11.0 Å². The van der Waals surface area contributed by atoms with Crippen LogP contribution in [0.4, 0.5) is 5.69 Å². The molecule has 9 nitrogen and oxygen atoms in total. The number of hydrogen-bond donors (Lipinski definition) is 2. The van der Waals surface area contributed by atoms with E-state index in [-0.39, 0.29) is 28.9 Å². The van der Waals surface area contributed by atoms with Gasteiger partial charge in [-0.15, -0.1) is 0 Å². The van der Waals surface area contributed by atoms with Crippen molar-refractivity contribution in [3.8, 4) is 5.69 Å². The maximum Gasteiger partial charge on any atom is 0.283 e. The summed E-state index contributed by atoms with van der Waals surface area (Å²) in [5.74, 6) is 0.0180. The molecule has 174 valence electrons. The number of benzene rings is 2. The maximum absolute atomic E-state index is 13.5. The first-order valence-corrected chi connectivity index (χ1v) is 12.2. The standard InChI is InChI=1S/C24H23N5O4S/c30-20(25-15-6-2-1-3-7-15)14-34-24-27-21-18-8-4-5-9-19(18)26-22(21)23(31)28(24)16-10-12-17(13-11-16)29(32)33/h4-5,8-13,15,26H,1-3,6-7,14H2,(H,25,30). The van der Waals surface area contributed by atoms with Crippen LogP contribution in [0.5, 0.6) is 0 Å². The molecule has 0 unspecified atom stereocenters. The smallest absolute Gasteiger partial charge is 0.283 e. The Bertz CT molecular complexity index is 1440. The van der Waals surface area contributed by atoms with Crippen LogP contribution in [0.2, 0.25) is 0 Å². The highest BCUT2D eigenvalue weighted by Gasteiger charge is 2.20. The fourth-order valence-electron chi connectivity index (χ4n) is 4.44. The van der Waals surface area contributed by atoms with E-state index < -0.39 is 4.92 Å². The van der Waals surface area contributed by atoms with E-state index in [1.165, 1.54) is 47.0 Å². The van der Waals surface area contributed by atoms with Gasteiger partial charge in [-0.25, -0.2) is 4.98 Å². The van der Waals surface area contributed by atoms with Gasteiger partial charge in [0.2, 0.25) is 5.91 Å². The van der Waals surface area contributed by atoms with E-state index >= 15 is 0 Å². The molecular formula is C24H23N5O4S. The van der Waals surface area contributed by atoms with Crippen LogP contribution < -0.4 is 10.9 Å². The van der Waals surface area contributed by atoms with Gasteiger partial charge in [-0.1, -0.05) is 49.2 Å².